The van der Waals surface area contributed by atoms with E-state index in [1.54, 1.807) is 0 Å². The van der Waals surface area contributed by atoms with Crippen molar-refractivity contribution >= 4 is 29.1 Å². The van der Waals surface area contributed by atoms with Gasteiger partial charge in [-0.05, 0) is 26.2 Å². The van der Waals surface area contributed by atoms with Gasteiger partial charge in [-0.15, -0.1) is 0 Å². The molecule has 0 spiro atoms. The van der Waals surface area contributed by atoms with Crippen molar-refractivity contribution in [1.82, 2.24) is 14.9 Å². The van der Waals surface area contributed by atoms with Gasteiger partial charge in [0.25, 0.3) is 0 Å². The lowest BCUT2D eigenvalue weighted by molar-refractivity contribution is 0.425. The third-order valence-corrected chi connectivity index (χ3v) is 4.11. The van der Waals surface area contributed by atoms with Crippen LogP contribution in [0.25, 0.3) is 11.3 Å². The zero-order valence-corrected chi connectivity index (χ0v) is 15.7. The zero-order valence-electron chi connectivity index (χ0n) is 14.9. The SMILES string of the molecule is CN(C)CCNc1cc(-c2ccccc2)nc(Nc2ccccc2Cl)n1. The number of halogens is 1. The molecule has 2 aromatic carbocycles. The number of benzene rings is 2. The lowest BCUT2D eigenvalue weighted by atomic mass is 10.1. The molecular weight excluding hydrogens is 346 g/mol. The summed E-state index contributed by atoms with van der Waals surface area (Å²) in [6, 6.07) is 19.6. The predicted octanol–water partition coefficient (Wildman–Crippen LogP) is 4.51. The minimum Gasteiger partial charge on any atom is -0.369 e. The van der Waals surface area contributed by atoms with Gasteiger partial charge in [0, 0.05) is 24.7 Å². The Morgan fingerprint density at radius 1 is 0.962 bits per heavy atom. The molecule has 0 aliphatic carbocycles. The van der Waals surface area contributed by atoms with Crippen LogP contribution in [-0.4, -0.2) is 42.1 Å². The summed E-state index contributed by atoms with van der Waals surface area (Å²) < 4.78 is 0. The minimum absolute atomic E-state index is 0.506. The maximum absolute atomic E-state index is 6.25. The molecule has 0 bridgehead atoms. The van der Waals surface area contributed by atoms with Crippen LogP contribution in [0.2, 0.25) is 5.02 Å². The van der Waals surface area contributed by atoms with Crippen LogP contribution in [0.5, 0.6) is 0 Å². The Bertz CT molecular complexity index is 852. The number of nitrogens with zero attached hydrogens (tertiary/aromatic N) is 3. The Kier molecular flexibility index (Phi) is 6.04. The molecule has 2 N–H and O–H groups in total. The van der Waals surface area contributed by atoms with E-state index in [1.807, 2.05) is 74.8 Å². The fourth-order valence-corrected chi connectivity index (χ4v) is 2.62. The molecule has 3 rings (SSSR count). The fourth-order valence-electron chi connectivity index (χ4n) is 2.44. The highest BCUT2D eigenvalue weighted by molar-refractivity contribution is 6.33. The number of aromatic nitrogens is 2. The molecule has 0 aliphatic heterocycles. The van der Waals surface area contributed by atoms with Crippen molar-refractivity contribution in [2.24, 2.45) is 0 Å². The van der Waals surface area contributed by atoms with Gasteiger partial charge in [-0.3, -0.25) is 0 Å². The molecule has 0 amide bonds. The van der Waals surface area contributed by atoms with Crippen LogP contribution in [0.1, 0.15) is 0 Å². The third-order valence-electron chi connectivity index (χ3n) is 3.78. The van der Waals surface area contributed by atoms with Crippen LogP contribution >= 0.6 is 11.6 Å². The lowest BCUT2D eigenvalue weighted by Crippen LogP contribution is -2.21. The van der Waals surface area contributed by atoms with Gasteiger partial charge in [0.1, 0.15) is 5.82 Å². The summed E-state index contributed by atoms with van der Waals surface area (Å²) in [6.45, 7) is 1.71. The molecule has 0 atom stereocenters. The summed E-state index contributed by atoms with van der Waals surface area (Å²) in [5, 5.41) is 7.21. The second kappa shape index (κ2) is 8.65. The second-order valence-corrected chi connectivity index (χ2v) is 6.57. The van der Waals surface area contributed by atoms with Gasteiger partial charge >= 0.3 is 0 Å². The van der Waals surface area contributed by atoms with Crippen LogP contribution in [0.15, 0.2) is 60.7 Å². The molecule has 0 saturated heterocycles. The number of likely N-dealkylation sites (N-methyl/N-ethyl adjacent to an activating group) is 1. The third kappa shape index (κ3) is 4.94. The van der Waals surface area contributed by atoms with Crippen LogP contribution in [-0.2, 0) is 0 Å². The molecule has 0 radical (unpaired) electrons. The van der Waals surface area contributed by atoms with Gasteiger partial charge < -0.3 is 15.5 Å². The van der Waals surface area contributed by atoms with Gasteiger partial charge in [-0.2, -0.15) is 4.98 Å². The van der Waals surface area contributed by atoms with Crippen LogP contribution < -0.4 is 10.6 Å². The smallest absolute Gasteiger partial charge is 0.229 e. The number of anilines is 3. The molecule has 6 heteroatoms. The van der Waals surface area contributed by atoms with E-state index < -0.39 is 0 Å². The van der Waals surface area contributed by atoms with Crippen molar-refractivity contribution < 1.29 is 0 Å². The van der Waals surface area contributed by atoms with E-state index >= 15 is 0 Å². The Morgan fingerprint density at radius 2 is 1.69 bits per heavy atom. The van der Waals surface area contributed by atoms with E-state index in [-0.39, 0.29) is 0 Å². The number of rotatable bonds is 7. The molecule has 5 nitrogen and oxygen atoms in total. The summed E-state index contributed by atoms with van der Waals surface area (Å²) >= 11 is 6.25. The molecule has 0 aliphatic rings. The maximum Gasteiger partial charge on any atom is 0.229 e. The fraction of sp³-hybridized carbons (Fsp3) is 0.200. The average Bonchev–Trinajstić information content (AvgIpc) is 2.64. The van der Waals surface area contributed by atoms with Crippen LogP contribution in [0.4, 0.5) is 17.5 Å². The predicted molar refractivity (Wildman–Crippen MR) is 109 cm³/mol. The van der Waals surface area contributed by atoms with Crippen molar-refractivity contribution in [3.63, 3.8) is 0 Å². The molecular formula is C20H22ClN5. The van der Waals surface area contributed by atoms with E-state index in [2.05, 4.69) is 25.5 Å². The number of hydrogen-bond acceptors (Lipinski definition) is 5. The molecule has 3 aromatic rings. The summed E-state index contributed by atoms with van der Waals surface area (Å²) in [4.78, 5) is 11.4. The van der Waals surface area contributed by atoms with E-state index in [0.29, 0.717) is 11.0 Å². The molecule has 0 unspecified atom stereocenters. The lowest BCUT2D eigenvalue weighted by Gasteiger charge is -2.14. The zero-order chi connectivity index (χ0) is 18.4. The van der Waals surface area contributed by atoms with Gasteiger partial charge in [-0.25, -0.2) is 4.98 Å². The van der Waals surface area contributed by atoms with Gasteiger partial charge in [0.05, 0.1) is 16.4 Å². The number of hydrogen-bond donors (Lipinski definition) is 2. The minimum atomic E-state index is 0.506. The number of nitrogens with one attached hydrogen (secondary N) is 2. The summed E-state index contributed by atoms with van der Waals surface area (Å²) in [7, 11) is 4.09. The topological polar surface area (TPSA) is 53.1 Å². The first-order chi connectivity index (χ1) is 12.6. The highest BCUT2D eigenvalue weighted by Gasteiger charge is 2.08. The van der Waals surface area contributed by atoms with Crippen LogP contribution in [0, 0.1) is 0 Å². The monoisotopic (exact) mass is 367 g/mol. The summed E-state index contributed by atoms with van der Waals surface area (Å²) in [5.74, 6) is 1.28. The average molecular weight is 368 g/mol. The van der Waals surface area contributed by atoms with Crippen molar-refractivity contribution in [2.45, 2.75) is 0 Å². The van der Waals surface area contributed by atoms with Crippen LogP contribution in [0.3, 0.4) is 0 Å². The standard InChI is InChI=1S/C20H22ClN5/c1-26(2)13-12-22-19-14-18(15-8-4-3-5-9-15)24-20(25-19)23-17-11-7-6-10-16(17)21/h3-11,14H,12-13H2,1-2H3,(H2,22,23,24,25). The normalized spacial score (nSPS) is 10.8. The maximum atomic E-state index is 6.25. The number of para-hydroxylation sites is 1. The van der Waals surface area contributed by atoms with E-state index in [4.69, 9.17) is 11.6 Å². The Hall–Kier alpha value is -2.63. The first-order valence-electron chi connectivity index (χ1n) is 8.46. The Balaban J connectivity index is 1.90. The molecule has 26 heavy (non-hydrogen) atoms. The first-order valence-corrected chi connectivity index (χ1v) is 8.84. The summed E-state index contributed by atoms with van der Waals surface area (Å²) in [5.41, 5.74) is 2.66. The first kappa shape index (κ1) is 18.2. The largest absolute Gasteiger partial charge is 0.369 e. The Labute approximate surface area is 159 Å². The van der Waals surface area contributed by atoms with Crippen molar-refractivity contribution in [2.75, 3.05) is 37.8 Å². The quantitative estimate of drug-likeness (QED) is 0.643. The van der Waals surface area contributed by atoms with E-state index in [0.717, 1.165) is 35.9 Å². The van der Waals surface area contributed by atoms with Gasteiger partial charge in [-0.1, -0.05) is 54.1 Å². The highest BCUT2D eigenvalue weighted by atomic mass is 35.5. The highest BCUT2D eigenvalue weighted by Crippen LogP contribution is 2.26. The van der Waals surface area contributed by atoms with E-state index in [9.17, 15) is 0 Å². The van der Waals surface area contributed by atoms with Crippen molar-refractivity contribution in [3.8, 4) is 11.3 Å². The van der Waals surface area contributed by atoms with E-state index in [1.165, 1.54) is 0 Å². The van der Waals surface area contributed by atoms with Gasteiger partial charge in [0.2, 0.25) is 5.95 Å². The summed E-state index contributed by atoms with van der Waals surface area (Å²) in [6.07, 6.45) is 0. The van der Waals surface area contributed by atoms with Gasteiger partial charge in [0.15, 0.2) is 0 Å². The molecule has 0 saturated carbocycles. The van der Waals surface area contributed by atoms with Crippen molar-refractivity contribution in [3.05, 3.63) is 65.7 Å². The van der Waals surface area contributed by atoms with Crippen molar-refractivity contribution in [1.29, 1.82) is 0 Å². The molecule has 1 heterocycles. The molecule has 1 aromatic heterocycles. The second-order valence-electron chi connectivity index (χ2n) is 6.16. The molecule has 134 valence electrons. The molecule has 0 fully saturated rings. The Morgan fingerprint density at radius 3 is 2.42 bits per heavy atom.